The third kappa shape index (κ3) is 2.71. The number of ether oxygens (including phenoxy) is 2. The molecule has 3 N–H and O–H groups in total. The average molecular weight is 325 g/mol. The van der Waals surface area contributed by atoms with Crippen molar-refractivity contribution in [3.05, 3.63) is 42.5 Å². The molecule has 2 amide bonds. The highest BCUT2D eigenvalue weighted by Crippen LogP contribution is 2.34. The second-order valence-corrected chi connectivity index (χ2v) is 5.55. The summed E-state index contributed by atoms with van der Waals surface area (Å²) in [7, 11) is 0. The first kappa shape index (κ1) is 14.4. The molecule has 7 nitrogen and oxygen atoms in total. The van der Waals surface area contributed by atoms with Gasteiger partial charge in [-0.3, -0.25) is 9.59 Å². The summed E-state index contributed by atoms with van der Waals surface area (Å²) in [5.41, 5.74) is 2.12. The fraction of sp³-hybridized carbons (Fsp3) is 0.176. The van der Waals surface area contributed by atoms with Crippen molar-refractivity contribution >= 4 is 28.9 Å². The van der Waals surface area contributed by atoms with Gasteiger partial charge in [-0.15, -0.1) is 0 Å². The molecular formula is C17H15N3O4. The number of benzene rings is 2. The Balaban J connectivity index is 1.42. The Kier molecular flexibility index (Phi) is 3.45. The topological polar surface area (TPSA) is 88.7 Å². The van der Waals surface area contributed by atoms with Gasteiger partial charge in [0, 0.05) is 11.8 Å². The van der Waals surface area contributed by atoms with Gasteiger partial charge >= 0.3 is 0 Å². The number of carbonyl (C=O) groups is 2. The van der Waals surface area contributed by atoms with Gasteiger partial charge in [0.05, 0.1) is 17.8 Å². The van der Waals surface area contributed by atoms with E-state index in [1.54, 1.807) is 18.2 Å². The lowest BCUT2D eigenvalue weighted by molar-refractivity contribution is -0.122. The van der Waals surface area contributed by atoms with Crippen molar-refractivity contribution < 1.29 is 19.1 Å². The third-order valence-corrected chi connectivity index (χ3v) is 3.88. The van der Waals surface area contributed by atoms with Crippen molar-refractivity contribution in [1.29, 1.82) is 0 Å². The van der Waals surface area contributed by atoms with E-state index in [9.17, 15) is 9.59 Å². The smallest absolute Gasteiger partial charge is 0.247 e. The van der Waals surface area contributed by atoms with Crippen LogP contribution in [0.1, 0.15) is 6.42 Å². The van der Waals surface area contributed by atoms with Crippen molar-refractivity contribution in [2.24, 2.45) is 0 Å². The molecule has 0 spiro atoms. The molecule has 0 aromatic heterocycles. The van der Waals surface area contributed by atoms with E-state index in [1.165, 1.54) is 0 Å². The highest BCUT2D eigenvalue weighted by Gasteiger charge is 2.27. The quantitative estimate of drug-likeness (QED) is 0.805. The van der Waals surface area contributed by atoms with Crippen LogP contribution in [0.4, 0.5) is 17.1 Å². The minimum absolute atomic E-state index is 0.0224. The van der Waals surface area contributed by atoms with E-state index in [1.807, 2.05) is 24.3 Å². The van der Waals surface area contributed by atoms with Gasteiger partial charge < -0.3 is 25.4 Å². The van der Waals surface area contributed by atoms with Gasteiger partial charge in [0.1, 0.15) is 6.04 Å². The van der Waals surface area contributed by atoms with Gasteiger partial charge in [0.2, 0.25) is 18.6 Å². The second-order valence-electron chi connectivity index (χ2n) is 5.55. The van der Waals surface area contributed by atoms with E-state index in [0.29, 0.717) is 17.2 Å². The van der Waals surface area contributed by atoms with Crippen LogP contribution < -0.4 is 25.4 Å². The number of hydrogen-bond donors (Lipinski definition) is 3. The third-order valence-electron chi connectivity index (χ3n) is 3.88. The van der Waals surface area contributed by atoms with Gasteiger partial charge in [-0.1, -0.05) is 12.1 Å². The van der Waals surface area contributed by atoms with Gasteiger partial charge in [-0.2, -0.15) is 0 Å². The SMILES string of the molecule is O=C(C[C@@H]1Nc2ccccc2NC1=O)Nc1ccc2c(c1)OCO2. The number of para-hydroxylation sites is 2. The fourth-order valence-corrected chi connectivity index (χ4v) is 2.71. The fourth-order valence-electron chi connectivity index (χ4n) is 2.71. The molecular weight excluding hydrogens is 310 g/mol. The zero-order chi connectivity index (χ0) is 16.5. The predicted octanol–water partition coefficient (Wildman–Crippen LogP) is 2.18. The lowest BCUT2D eigenvalue weighted by Gasteiger charge is -2.26. The summed E-state index contributed by atoms with van der Waals surface area (Å²) >= 11 is 0. The Morgan fingerprint density at radius 2 is 1.92 bits per heavy atom. The van der Waals surface area contributed by atoms with Crippen LogP contribution in [0.3, 0.4) is 0 Å². The van der Waals surface area contributed by atoms with E-state index >= 15 is 0 Å². The molecule has 0 radical (unpaired) electrons. The molecule has 2 aromatic carbocycles. The standard InChI is InChI=1S/C17H15N3O4/c21-16(18-10-5-6-14-15(7-10)24-9-23-14)8-13-17(22)20-12-4-2-1-3-11(12)19-13/h1-7,13,19H,8-9H2,(H,18,21)(H,20,22)/t13-/m0/s1. The Hall–Kier alpha value is -3.22. The maximum atomic E-state index is 12.2. The molecule has 1 atom stereocenters. The number of carbonyl (C=O) groups excluding carboxylic acids is 2. The van der Waals surface area contributed by atoms with Crippen LogP contribution >= 0.6 is 0 Å². The molecule has 7 heteroatoms. The first-order valence-electron chi connectivity index (χ1n) is 7.55. The summed E-state index contributed by atoms with van der Waals surface area (Å²) < 4.78 is 10.5. The monoisotopic (exact) mass is 325 g/mol. The first-order valence-corrected chi connectivity index (χ1v) is 7.55. The normalized spacial score (nSPS) is 17.5. The summed E-state index contributed by atoms with van der Waals surface area (Å²) in [5.74, 6) is 0.753. The molecule has 24 heavy (non-hydrogen) atoms. The summed E-state index contributed by atoms with van der Waals surface area (Å²) in [6.45, 7) is 0.179. The van der Waals surface area contributed by atoms with Gasteiger partial charge in [0.15, 0.2) is 11.5 Å². The molecule has 0 unspecified atom stereocenters. The van der Waals surface area contributed by atoms with Crippen molar-refractivity contribution in [2.75, 3.05) is 22.7 Å². The Bertz CT molecular complexity index is 821. The maximum Gasteiger partial charge on any atom is 0.247 e. The Morgan fingerprint density at radius 3 is 2.79 bits per heavy atom. The predicted molar refractivity (Wildman–Crippen MR) is 88.3 cm³/mol. The zero-order valence-corrected chi connectivity index (χ0v) is 12.7. The number of amides is 2. The molecule has 2 aliphatic rings. The van der Waals surface area contributed by atoms with Crippen LogP contribution in [0.5, 0.6) is 11.5 Å². The summed E-state index contributed by atoms with van der Waals surface area (Å²) in [6, 6.07) is 11.9. The Labute approximate surface area is 138 Å². The van der Waals surface area contributed by atoms with Crippen LogP contribution in [0.2, 0.25) is 0 Å². The van der Waals surface area contributed by atoms with E-state index in [-0.39, 0.29) is 25.0 Å². The minimum Gasteiger partial charge on any atom is -0.454 e. The number of anilines is 3. The lowest BCUT2D eigenvalue weighted by Crippen LogP contribution is -2.41. The van der Waals surface area contributed by atoms with Crippen LogP contribution in [-0.2, 0) is 9.59 Å². The zero-order valence-electron chi connectivity index (χ0n) is 12.7. The van der Waals surface area contributed by atoms with Crippen LogP contribution in [0, 0.1) is 0 Å². The molecule has 0 saturated heterocycles. The summed E-state index contributed by atoms with van der Waals surface area (Å²) in [5, 5.41) is 8.65. The molecule has 0 saturated carbocycles. The van der Waals surface area contributed by atoms with Crippen LogP contribution in [0.15, 0.2) is 42.5 Å². The number of hydrogen-bond acceptors (Lipinski definition) is 5. The average Bonchev–Trinajstić information content (AvgIpc) is 3.03. The van der Waals surface area contributed by atoms with E-state index < -0.39 is 6.04 Å². The number of rotatable bonds is 3. The molecule has 2 aliphatic heterocycles. The molecule has 2 aromatic rings. The van der Waals surface area contributed by atoms with Crippen molar-refractivity contribution in [1.82, 2.24) is 0 Å². The Morgan fingerprint density at radius 1 is 1.12 bits per heavy atom. The molecule has 0 fully saturated rings. The second kappa shape index (κ2) is 5.77. The highest BCUT2D eigenvalue weighted by molar-refractivity contribution is 6.06. The molecule has 122 valence electrons. The molecule has 0 bridgehead atoms. The number of nitrogens with one attached hydrogen (secondary N) is 3. The van der Waals surface area contributed by atoms with E-state index in [4.69, 9.17) is 9.47 Å². The number of fused-ring (bicyclic) bond motifs is 2. The van der Waals surface area contributed by atoms with Crippen LogP contribution in [0.25, 0.3) is 0 Å². The molecule has 0 aliphatic carbocycles. The first-order chi connectivity index (χ1) is 11.7. The van der Waals surface area contributed by atoms with Crippen LogP contribution in [-0.4, -0.2) is 24.6 Å². The molecule has 2 heterocycles. The van der Waals surface area contributed by atoms with E-state index in [2.05, 4.69) is 16.0 Å². The minimum atomic E-state index is -0.617. The van der Waals surface area contributed by atoms with Crippen molar-refractivity contribution in [3.8, 4) is 11.5 Å². The van der Waals surface area contributed by atoms with Crippen molar-refractivity contribution in [3.63, 3.8) is 0 Å². The lowest BCUT2D eigenvalue weighted by atomic mass is 10.1. The summed E-state index contributed by atoms with van der Waals surface area (Å²) in [6.07, 6.45) is 0.0224. The maximum absolute atomic E-state index is 12.2. The van der Waals surface area contributed by atoms with Gasteiger partial charge in [0.25, 0.3) is 0 Å². The van der Waals surface area contributed by atoms with Gasteiger partial charge in [-0.25, -0.2) is 0 Å². The van der Waals surface area contributed by atoms with Gasteiger partial charge in [-0.05, 0) is 24.3 Å². The van der Waals surface area contributed by atoms with Crippen molar-refractivity contribution in [2.45, 2.75) is 12.5 Å². The van der Waals surface area contributed by atoms with E-state index in [0.717, 1.165) is 11.4 Å². The molecule has 4 rings (SSSR count). The highest BCUT2D eigenvalue weighted by atomic mass is 16.7. The largest absolute Gasteiger partial charge is 0.454 e. The summed E-state index contributed by atoms with van der Waals surface area (Å²) in [4.78, 5) is 24.3.